The molecular weight excluding hydrogens is 172 g/mol. The van der Waals surface area contributed by atoms with E-state index in [0.29, 0.717) is 17.7 Å². The summed E-state index contributed by atoms with van der Waals surface area (Å²) in [5.74, 6) is 0.385. The second kappa shape index (κ2) is 3.84. The highest BCUT2D eigenvalue weighted by Gasteiger charge is 2.11. The third-order valence-corrected chi connectivity index (χ3v) is 1.54. The predicted octanol–water partition coefficient (Wildman–Crippen LogP) is 0.615. The quantitative estimate of drug-likeness (QED) is 0.641. The van der Waals surface area contributed by atoms with E-state index in [1.54, 1.807) is 6.92 Å². The molecule has 0 amide bonds. The zero-order valence-corrected chi connectivity index (χ0v) is 7.70. The monoisotopic (exact) mass is 182 g/mol. The van der Waals surface area contributed by atoms with Crippen LogP contribution in [0.1, 0.15) is 16.2 Å². The van der Waals surface area contributed by atoms with E-state index in [1.165, 1.54) is 14.2 Å². The van der Waals surface area contributed by atoms with Crippen LogP contribution in [-0.2, 0) is 0 Å². The standard InChI is InChI=1S/C8H10N2O3/c1-5-7(12-2)6(4-11)10-8(9-5)13-3/h4H,1-3H3. The fourth-order valence-corrected chi connectivity index (χ4v) is 0.982. The summed E-state index contributed by atoms with van der Waals surface area (Å²) in [6.07, 6.45) is 0.607. The Labute approximate surface area is 75.7 Å². The van der Waals surface area contributed by atoms with E-state index in [0.717, 1.165) is 0 Å². The molecule has 0 aliphatic carbocycles. The Hall–Kier alpha value is -1.65. The number of aryl methyl sites for hydroxylation is 1. The minimum Gasteiger partial charge on any atom is -0.492 e. The molecule has 1 aromatic heterocycles. The van der Waals surface area contributed by atoms with Crippen LogP contribution in [0, 0.1) is 6.92 Å². The van der Waals surface area contributed by atoms with Crippen molar-refractivity contribution in [3.8, 4) is 11.8 Å². The molecule has 0 spiro atoms. The lowest BCUT2D eigenvalue weighted by molar-refractivity contribution is 0.111. The number of carbonyl (C=O) groups excluding carboxylic acids is 1. The molecule has 0 aromatic carbocycles. The number of aromatic nitrogens is 2. The smallest absolute Gasteiger partial charge is 0.317 e. The first kappa shape index (κ1) is 9.44. The van der Waals surface area contributed by atoms with Crippen LogP contribution < -0.4 is 9.47 Å². The molecule has 0 unspecified atom stereocenters. The Morgan fingerprint density at radius 2 is 1.92 bits per heavy atom. The number of hydrogen-bond donors (Lipinski definition) is 0. The summed E-state index contributed by atoms with van der Waals surface area (Å²) in [7, 11) is 2.90. The predicted molar refractivity (Wildman–Crippen MR) is 45.3 cm³/mol. The second-order valence-corrected chi connectivity index (χ2v) is 2.33. The van der Waals surface area contributed by atoms with Crippen molar-refractivity contribution >= 4 is 6.29 Å². The number of methoxy groups -OCH3 is 2. The highest BCUT2D eigenvalue weighted by molar-refractivity contribution is 5.76. The van der Waals surface area contributed by atoms with Gasteiger partial charge in [0.15, 0.2) is 17.7 Å². The zero-order chi connectivity index (χ0) is 9.84. The van der Waals surface area contributed by atoms with Gasteiger partial charge >= 0.3 is 6.01 Å². The average Bonchev–Trinajstić information content (AvgIpc) is 2.16. The van der Waals surface area contributed by atoms with Gasteiger partial charge in [0.2, 0.25) is 0 Å². The highest BCUT2D eigenvalue weighted by atomic mass is 16.5. The normalized spacial score (nSPS) is 9.46. The van der Waals surface area contributed by atoms with Gasteiger partial charge in [0.25, 0.3) is 0 Å². The molecule has 0 bridgehead atoms. The Kier molecular flexibility index (Phi) is 2.79. The summed E-state index contributed by atoms with van der Waals surface area (Å²) in [6, 6.07) is 0.167. The average molecular weight is 182 g/mol. The third kappa shape index (κ3) is 1.74. The molecule has 5 heteroatoms. The van der Waals surface area contributed by atoms with Gasteiger partial charge in [0.05, 0.1) is 19.9 Å². The lowest BCUT2D eigenvalue weighted by Gasteiger charge is -2.06. The minimum absolute atomic E-state index is 0.167. The number of aldehydes is 1. The van der Waals surface area contributed by atoms with Crippen LogP contribution >= 0.6 is 0 Å². The first-order chi connectivity index (χ1) is 6.22. The van der Waals surface area contributed by atoms with E-state index < -0.39 is 0 Å². The summed E-state index contributed by atoms with van der Waals surface area (Å²) in [5.41, 5.74) is 0.781. The maximum absolute atomic E-state index is 10.6. The van der Waals surface area contributed by atoms with Crippen molar-refractivity contribution in [1.82, 2.24) is 9.97 Å². The van der Waals surface area contributed by atoms with Crippen molar-refractivity contribution in [2.75, 3.05) is 14.2 Å². The largest absolute Gasteiger partial charge is 0.492 e. The topological polar surface area (TPSA) is 61.3 Å². The molecule has 0 fully saturated rings. The van der Waals surface area contributed by atoms with Crippen LogP contribution in [0.4, 0.5) is 0 Å². The highest BCUT2D eigenvalue weighted by Crippen LogP contribution is 2.20. The van der Waals surface area contributed by atoms with Crippen LogP contribution in [0.25, 0.3) is 0 Å². The Bertz CT molecular complexity index is 325. The van der Waals surface area contributed by atoms with Crippen molar-refractivity contribution in [2.24, 2.45) is 0 Å². The molecule has 0 radical (unpaired) electrons. The molecule has 13 heavy (non-hydrogen) atoms. The van der Waals surface area contributed by atoms with Crippen LogP contribution in [-0.4, -0.2) is 30.5 Å². The molecule has 1 heterocycles. The number of ether oxygens (including phenoxy) is 2. The lowest BCUT2D eigenvalue weighted by Crippen LogP contribution is -2.02. The second-order valence-electron chi connectivity index (χ2n) is 2.33. The van der Waals surface area contributed by atoms with Crippen LogP contribution in [0.3, 0.4) is 0 Å². The molecule has 0 atom stereocenters. The maximum Gasteiger partial charge on any atom is 0.317 e. The van der Waals surface area contributed by atoms with Gasteiger partial charge in [-0.3, -0.25) is 4.79 Å². The number of hydrogen-bond acceptors (Lipinski definition) is 5. The van der Waals surface area contributed by atoms with Gasteiger partial charge in [0.1, 0.15) is 0 Å². The lowest BCUT2D eigenvalue weighted by atomic mass is 10.3. The van der Waals surface area contributed by atoms with Gasteiger partial charge in [-0.05, 0) is 6.92 Å². The molecule has 0 saturated heterocycles. The van der Waals surface area contributed by atoms with Crippen molar-refractivity contribution in [2.45, 2.75) is 6.92 Å². The summed E-state index contributed by atoms with van der Waals surface area (Å²) in [5, 5.41) is 0. The van der Waals surface area contributed by atoms with Crippen LogP contribution in [0.15, 0.2) is 0 Å². The molecule has 0 N–H and O–H groups in total. The zero-order valence-electron chi connectivity index (χ0n) is 7.70. The number of nitrogens with zero attached hydrogens (tertiary/aromatic N) is 2. The molecular formula is C8H10N2O3. The first-order valence-corrected chi connectivity index (χ1v) is 3.64. The number of carbonyl (C=O) groups is 1. The molecule has 0 aliphatic rings. The van der Waals surface area contributed by atoms with E-state index >= 15 is 0 Å². The molecule has 0 saturated carbocycles. The third-order valence-electron chi connectivity index (χ3n) is 1.54. The van der Waals surface area contributed by atoms with Crippen molar-refractivity contribution in [3.63, 3.8) is 0 Å². The maximum atomic E-state index is 10.6. The van der Waals surface area contributed by atoms with E-state index in [-0.39, 0.29) is 11.7 Å². The van der Waals surface area contributed by atoms with Gasteiger partial charge in [-0.1, -0.05) is 0 Å². The first-order valence-electron chi connectivity index (χ1n) is 3.64. The Morgan fingerprint density at radius 3 is 2.38 bits per heavy atom. The fraction of sp³-hybridized carbons (Fsp3) is 0.375. The Balaban J connectivity index is 3.28. The van der Waals surface area contributed by atoms with E-state index in [9.17, 15) is 4.79 Å². The fourth-order valence-electron chi connectivity index (χ4n) is 0.982. The summed E-state index contributed by atoms with van der Waals surface area (Å²) < 4.78 is 9.76. The summed E-state index contributed by atoms with van der Waals surface area (Å²) in [6.45, 7) is 1.72. The number of rotatable bonds is 3. The van der Waals surface area contributed by atoms with Crippen LogP contribution in [0.2, 0.25) is 0 Å². The molecule has 1 aromatic rings. The van der Waals surface area contributed by atoms with Gasteiger partial charge in [-0.25, -0.2) is 0 Å². The van der Waals surface area contributed by atoms with Gasteiger partial charge < -0.3 is 9.47 Å². The van der Waals surface area contributed by atoms with E-state index in [1.807, 2.05) is 0 Å². The molecule has 0 aliphatic heterocycles. The van der Waals surface area contributed by atoms with E-state index in [4.69, 9.17) is 9.47 Å². The van der Waals surface area contributed by atoms with Gasteiger partial charge in [0, 0.05) is 0 Å². The minimum atomic E-state index is 0.167. The summed E-state index contributed by atoms with van der Waals surface area (Å²) >= 11 is 0. The van der Waals surface area contributed by atoms with Gasteiger partial charge in [-0.15, -0.1) is 0 Å². The van der Waals surface area contributed by atoms with Crippen LogP contribution in [0.5, 0.6) is 11.8 Å². The van der Waals surface area contributed by atoms with Gasteiger partial charge in [-0.2, -0.15) is 9.97 Å². The Morgan fingerprint density at radius 1 is 1.23 bits per heavy atom. The molecule has 5 nitrogen and oxygen atoms in total. The van der Waals surface area contributed by atoms with E-state index in [2.05, 4.69) is 9.97 Å². The molecule has 1 rings (SSSR count). The van der Waals surface area contributed by atoms with Crippen molar-refractivity contribution in [1.29, 1.82) is 0 Å². The van der Waals surface area contributed by atoms with Crippen molar-refractivity contribution < 1.29 is 14.3 Å². The van der Waals surface area contributed by atoms with Crippen molar-refractivity contribution in [3.05, 3.63) is 11.4 Å². The SMILES string of the molecule is COc1nc(C)c(OC)c(C=O)n1. The summed E-state index contributed by atoms with van der Waals surface area (Å²) in [4.78, 5) is 18.3. The molecule has 70 valence electrons.